The van der Waals surface area contributed by atoms with Crippen molar-refractivity contribution < 1.29 is 9.13 Å². The number of benzene rings is 1. The molecule has 0 aliphatic heterocycles. The van der Waals surface area contributed by atoms with Crippen LogP contribution < -0.4 is 5.32 Å². The van der Waals surface area contributed by atoms with Crippen LogP contribution in [-0.2, 0) is 11.2 Å². The van der Waals surface area contributed by atoms with Crippen LogP contribution in [0.1, 0.15) is 19.4 Å². The van der Waals surface area contributed by atoms with E-state index in [2.05, 4.69) is 35.1 Å². The number of rotatable bonds is 8. The SMILES string of the molecule is COCCNCC(Cc1ccc(Br)cc1F)C(C)C. The third kappa shape index (κ3) is 6.02. The fourth-order valence-electron chi connectivity index (χ4n) is 1.97. The van der Waals surface area contributed by atoms with E-state index < -0.39 is 0 Å². The maximum atomic E-state index is 13.8. The van der Waals surface area contributed by atoms with Gasteiger partial charge in [-0.1, -0.05) is 35.8 Å². The number of hydrogen-bond donors (Lipinski definition) is 1. The van der Waals surface area contributed by atoms with E-state index in [1.807, 2.05) is 12.1 Å². The van der Waals surface area contributed by atoms with Crippen molar-refractivity contribution in [1.82, 2.24) is 5.32 Å². The van der Waals surface area contributed by atoms with Gasteiger partial charge in [-0.2, -0.15) is 0 Å². The Morgan fingerprint density at radius 3 is 2.68 bits per heavy atom. The first-order valence-corrected chi connectivity index (χ1v) is 7.47. The summed E-state index contributed by atoms with van der Waals surface area (Å²) in [5.41, 5.74) is 0.787. The van der Waals surface area contributed by atoms with Gasteiger partial charge in [0, 0.05) is 18.1 Å². The van der Waals surface area contributed by atoms with Gasteiger partial charge in [0.1, 0.15) is 5.82 Å². The molecule has 108 valence electrons. The monoisotopic (exact) mass is 331 g/mol. The fraction of sp³-hybridized carbons (Fsp3) is 0.600. The van der Waals surface area contributed by atoms with E-state index in [1.165, 1.54) is 6.07 Å². The molecule has 0 radical (unpaired) electrons. The fourth-order valence-corrected chi connectivity index (χ4v) is 2.31. The van der Waals surface area contributed by atoms with Gasteiger partial charge in [-0.05, 0) is 42.5 Å². The predicted octanol–water partition coefficient (Wildman–Crippen LogP) is 3.64. The minimum atomic E-state index is -0.128. The minimum Gasteiger partial charge on any atom is -0.383 e. The van der Waals surface area contributed by atoms with Crippen LogP contribution in [0, 0.1) is 17.7 Å². The second-order valence-electron chi connectivity index (χ2n) is 5.14. The van der Waals surface area contributed by atoms with Crippen LogP contribution in [0.5, 0.6) is 0 Å². The molecule has 1 aromatic rings. The Morgan fingerprint density at radius 1 is 1.37 bits per heavy atom. The normalized spacial score (nSPS) is 12.9. The summed E-state index contributed by atoms with van der Waals surface area (Å²) in [5, 5.41) is 3.36. The van der Waals surface area contributed by atoms with Gasteiger partial charge < -0.3 is 10.1 Å². The van der Waals surface area contributed by atoms with Crippen LogP contribution in [-0.4, -0.2) is 26.8 Å². The molecule has 0 fully saturated rings. The zero-order valence-corrected chi connectivity index (χ0v) is 13.5. The molecular formula is C15H23BrFNO. The van der Waals surface area contributed by atoms with Crippen LogP contribution in [0.25, 0.3) is 0 Å². The summed E-state index contributed by atoms with van der Waals surface area (Å²) in [6.45, 7) is 6.79. The first-order valence-electron chi connectivity index (χ1n) is 6.68. The third-order valence-electron chi connectivity index (χ3n) is 3.33. The molecule has 2 nitrogen and oxygen atoms in total. The molecule has 0 aromatic heterocycles. The van der Waals surface area contributed by atoms with Gasteiger partial charge in [-0.25, -0.2) is 4.39 Å². The largest absolute Gasteiger partial charge is 0.383 e. The predicted molar refractivity (Wildman–Crippen MR) is 80.9 cm³/mol. The van der Waals surface area contributed by atoms with E-state index in [0.29, 0.717) is 18.4 Å². The van der Waals surface area contributed by atoms with Gasteiger partial charge in [-0.3, -0.25) is 0 Å². The molecule has 19 heavy (non-hydrogen) atoms. The lowest BCUT2D eigenvalue weighted by molar-refractivity contribution is 0.196. The van der Waals surface area contributed by atoms with Crippen LogP contribution >= 0.6 is 15.9 Å². The van der Waals surface area contributed by atoms with Crippen molar-refractivity contribution in [3.8, 4) is 0 Å². The second-order valence-corrected chi connectivity index (χ2v) is 6.06. The Labute approximate surface area is 123 Å². The second kappa shape index (κ2) is 8.67. The average Bonchev–Trinajstić information content (AvgIpc) is 2.35. The quantitative estimate of drug-likeness (QED) is 0.734. The van der Waals surface area contributed by atoms with Crippen LogP contribution in [0.15, 0.2) is 22.7 Å². The van der Waals surface area contributed by atoms with E-state index >= 15 is 0 Å². The van der Waals surface area contributed by atoms with Gasteiger partial charge in [0.15, 0.2) is 0 Å². The van der Waals surface area contributed by atoms with Gasteiger partial charge in [0.2, 0.25) is 0 Å². The molecule has 0 saturated carbocycles. The standard InChI is InChI=1S/C15H23BrFNO/c1-11(2)13(10-18-6-7-19-3)8-12-4-5-14(16)9-15(12)17/h4-5,9,11,13,18H,6-8,10H2,1-3H3. The lowest BCUT2D eigenvalue weighted by atomic mass is 9.89. The highest BCUT2D eigenvalue weighted by Gasteiger charge is 2.16. The van der Waals surface area contributed by atoms with E-state index in [1.54, 1.807) is 7.11 Å². The maximum Gasteiger partial charge on any atom is 0.127 e. The summed E-state index contributed by atoms with van der Waals surface area (Å²) >= 11 is 3.28. The number of ether oxygens (including phenoxy) is 1. The van der Waals surface area contributed by atoms with Gasteiger partial charge >= 0.3 is 0 Å². The maximum absolute atomic E-state index is 13.8. The summed E-state index contributed by atoms with van der Waals surface area (Å²) < 4.78 is 19.6. The Kier molecular flexibility index (Phi) is 7.57. The molecule has 0 amide bonds. The molecule has 0 saturated heterocycles. The van der Waals surface area contributed by atoms with E-state index in [-0.39, 0.29) is 5.82 Å². The van der Waals surface area contributed by atoms with Crippen LogP contribution in [0.2, 0.25) is 0 Å². The van der Waals surface area contributed by atoms with Gasteiger partial charge in [-0.15, -0.1) is 0 Å². The van der Waals surface area contributed by atoms with Crippen molar-refractivity contribution >= 4 is 15.9 Å². The molecule has 1 atom stereocenters. The molecule has 1 rings (SSSR count). The highest BCUT2D eigenvalue weighted by atomic mass is 79.9. The van der Waals surface area contributed by atoms with E-state index in [0.717, 1.165) is 29.5 Å². The van der Waals surface area contributed by atoms with E-state index in [9.17, 15) is 4.39 Å². The first-order chi connectivity index (χ1) is 9.04. The smallest absolute Gasteiger partial charge is 0.127 e. The Hall–Kier alpha value is -0.450. The molecular weight excluding hydrogens is 309 g/mol. The molecule has 1 unspecified atom stereocenters. The zero-order chi connectivity index (χ0) is 14.3. The molecule has 4 heteroatoms. The highest BCUT2D eigenvalue weighted by molar-refractivity contribution is 9.10. The van der Waals surface area contributed by atoms with Crippen molar-refractivity contribution in [1.29, 1.82) is 0 Å². The van der Waals surface area contributed by atoms with Gasteiger partial charge in [0.05, 0.1) is 6.61 Å². The van der Waals surface area contributed by atoms with Crippen LogP contribution in [0.3, 0.4) is 0 Å². The summed E-state index contributed by atoms with van der Waals surface area (Å²) in [4.78, 5) is 0. The lowest BCUT2D eigenvalue weighted by Gasteiger charge is -2.22. The number of hydrogen-bond acceptors (Lipinski definition) is 2. The molecule has 0 heterocycles. The molecule has 0 aliphatic carbocycles. The third-order valence-corrected chi connectivity index (χ3v) is 3.82. The van der Waals surface area contributed by atoms with E-state index in [4.69, 9.17) is 4.74 Å². The zero-order valence-electron chi connectivity index (χ0n) is 11.9. The molecule has 0 bridgehead atoms. The lowest BCUT2D eigenvalue weighted by Crippen LogP contribution is -2.30. The summed E-state index contributed by atoms with van der Waals surface area (Å²) in [7, 11) is 1.69. The molecule has 0 aliphatic rings. The first kappa shape index (κ1) is 16.6. The molecule has 0 spiro atoms. The number of nitrogens with one attached hydrogen (secondary N) is 1. The van der Waals surface area contributed by atoms with Crippen molar-refractivity contribution in [3.63, 3.8) is 0 Å². The summed E-state index contributed by atoms with van der Waals surface area (Å²) in [6.07, 6.45) is 0.761. The summed E-state index contributed by atoms with van der Waals surface area (Å²) in [5.74, 6) is 0.808. The van der Waals surface area contributed by atoms with Crippen molar-refractivity contribution in [2.45, 2.75) is 20.3 Å². The van der Waals surface area contributed by atoms with Crippen molar-refractivity contribution in [2.24, 2.45) is 11.8 Å². The average molecular weight is 332 g/mol. The van der Waals surface area contributed by atoms with Crippen LogP contribution in [0.4, 0.5) is 4.39 Å². The molecule has 1 aromatic carbocycles. The highest BCUT2D eigenvalue weighted by Crippen LogP contribution is 2.21. The van der Waals surface area contributed by atoms with Crippen molar-refractivity contribution in [2.75, 3.05) is 26.8 Å². The Balaban J connectivity index is 2.57. The minimum absolute atomic E-state index is 0.128. The summed E-state index contributed by atoms with van der Waals surface area (Å²) in [6, 6.07) is 5.29. The van der Waals surface area contributed by atoms with Crippen molar-refractivity contribution in [3.05, 3.63) is 34.1 Å². The number of halogens is 2. The number of methoxy groups -OCH3 is 1. The molecule has 1 N–H and O–H groups in total. The Morgan fingerprint density at radius 2 is 2.11 bits per heavy atom. The Bertz CT molecular complexity index is 384. The van der Waals surface area contributed by atoms with Gasteiger partial charge in [0.25, 0.3) is 0 Å². The topological polar surface area (TPSA) is 21.3 Å².